The third-order valence-corrected chi connectivity index (χ3v) is 5.30. The summed E-state index contributed by atoms with van der Waals surface area (Å²) in [5, 5.41) is 17.4. The Morgan fingerprint density at radius 3 is 2.55 bits per heavy atom. The van der Waals surface area contributed by atoms with Crippen LogP contribution in [0.2, 0.25) is 0 Å². The number of para-hydroxylation sites is 1. The summed E-state index contributed by atoms with van der Waals surface area (Å²) in [7, 11) is 0. The van der Waals surface area contributed by atoms with Gasteiger partial charge in [0.2, 0.25) is 0 Å². The molecule has 0 unspecified atom stereocenters. The van der Waals surface area contributed by atoms with E-state index in [-0.39, 0.29) is 11.6 Å². The van der Waals surface area contributed by atoms with E-state index < -0.39 is 4.92 Å². The predicted molar refractivity (Wildman–Crippen MR) is 116 cm³/mol. The van der Waals surface area contributed by atoms with Gasteiger partial charge in [-0.1, -0.05) is 25.1 Å². The highest BCUT2D eigenvalue weighted by molar-refractivity contribution is 6.00. The fourth-order valence-electron chi connectivity index (χ4n) is 3.52. The van der Waals surface area contributed by atoms with Gasteiger partial charge in [-0.05, 0) is 43.4 Å². The van der Waals surface area contributed by atoms with E-state index in [4.69, 9.17) is 0 Å². The smallest absolute Gasteiger partial charge is 0.270 e. The topological polar surface area (TPSA) is 87.5 Å². The monoisotopic (exact) mass is 396 g/mol. The average Bonchev–Trinajstić information content (AvgIpc) is 2.74. The SMILES string of the molecule is CC1CCN(c2ccc([N+](=O)[O-])cc2C(=O)NCCCNc2ccccc2)CC1. The molecule has 154 valence electrons. The van der Waals surface area contributed by atoms with E-state index in [0.29, 0.717) is 18.0 Å². The zero-order valence-electron chi connectivity index (χ0n) is 16.8. The van der Waals surface area contributed by atoms with Crippen molar-refractivity contribution < 1.29 is 9.72 Å². The number of hydrogen-bond donors (Lipinski definition) is 2. The fraction of sp³-hybridized carbons (Fsp3) is 0.409. The van der Waals surface area contributed by atoms with E-state index in [2.05, 4.69) is 22.5 Å². The maximum Gasteiger partial charge on any atom is 0.270 e. The first-order valence-electron chi connectivity index (χ1n) is 10.1. The first-order valence-corrected chi connectivity index (χ1v) is 10.1. The van der Waals surface area contributed by atoms with Gasteiger partial charge in [-0.15, -0.1) is 0 Å². The summed E-state index contributed by atoms with van der Waals surface area (Å²) in [6, 6.07) is 14.5. The third-order valence-electron chi connectivity index (χ3n) is 5.30. The van der Waals surface area contributed by atoms with E-state index >= 15 is 0 Å². The second kappa shape index (κ2) is 9.91. The first kappa shape index (κ1) is 20.6. The van der Waals surface area contributed by atoms with Crippen molar-refractivity contribution in [2.45, 2.75) is 26.2 Å². The van der Waals surface area contributed by atoms with Crippen molar-refractivity contribution in [2.75, 3.05) is 36.4 Å². The summed E-state index contributed by atoms with van der Waals surface area (Å²) in [4.78, 5) is 25.7. The van der Waals surface area contributed by atoms with Crippen LogP contribution in [-0.2, 0) is 0 Å². The van der Waals surface area contributed by atoms with Crippen molar-refractivity contribution >= 4 is 23.0 Å². The zero-order valence-corrected chi connectivity index (χ0v) is 16.8. The molecule has 0 bridgehead atoms. The highest BCUT2D eigenvalue weighted by Gasteiger charge is 2.23. The number of rotatable bonds is 8. The van der Waals surface area contributed by atoms with Crippen molar-refractivity contribution in [3.05, 3.63) is 64.2 Å². The van der Waals surface area contributed by atoms with Crippen LogP contribution in [0.25, 0.3) is 0 Å². The second-order valence-electron chi connectivity index (χ2n) is 7.53. The molecule has 1 heterocycles. The minimum atomic E-state index is -0.456. The molecule has 0 radical (unpaired) electrons. The quantitative estimate of drug-likeness (QED) is 0.399. The van der Waals surface area contributed by atoms with Gasteiger partial charge in [-0.2, -0.15) is 0 Å². The van der Waals surface area contributed by atoms with Crippen molar-refractivity contribution in [3.8, 4) is 0 Å². The van der Waals surface area contributed by atoms with E-state index in [1.165, 1.54) is 12.1 Å². The number of hydrogen-bond acceptors (Lipinski definition) is 5. The lowest BCUT2D eigenvalue weighted by atomic mass is 9.98. The summed E-state index contributed by atoms with van der Waals surface area (Å²) in [6.45, 7) is 5.18. The molecule has 29 heavy (non-hydrogen) atoms. The molecule has 0 aromatic heterocycles. The highest BCUT2D eigenvalue weighted by Crippen LogP contribution is 2.29. The van der Waals surface area contributed by atoms with Crippen LogP contribution in [-0.4, -0.2) is 37.0 Å². The lowest BCUT2D eigenvalue weighted by Gasteiger charge is -2.33. The third kappa shape index (κ3) is 5.70. The standard InChI is InChI=1S/C22H28N4O3/c1-17-10-14-25(15-11-17)21-9-8-19(26(28)29)16-20(21)22(27)24-13-5-12-23-18-6-3-2-4-7-18/h2-4,6-9,16-17,23H,5,10-15H2,1H3,(H,24,27). The Balaban J connectivity index is 1.61. The van der Waals surface area contributed by atoms with Crippen molar-refractivity contribution in [1.29, 1.82) is 0 Å². The number of nitrogens with zero attached hydrogens (tertiary/aromatic N) is 2. The summed E-state index contributed by atoms with van der Waals surface area (Å²) < 4.78 is 0. The van der Waals surface area contributed by atoms with Crippen LogP contribution in [0.3, 0.4) is 0 Å². The minimum absolute atomic E-state index is 0.0602. The normalized spacial score (nSPS) is 14.4. The average molecular weight is 396 g/mol. The van der Waals surface area contributed by atoms with Crippen molar-refractivity contribution in [1.82, 2.24) is 5.32 Å². The molecule has 2 aromatic rings. The van der Waals surface area contributed by atoms with Gasteiger partial charge in [-0.25, -0.2) is 0 Å². The molecule has 3 rings (SSSR count). The molecule has 2 aromatic carbocycles. The van der Waals surface area contributed by atoms with Gasteiger partial charge in [0.1, 0.15) is 0 Å². The molecule has 1 fully saturated rings. The zero-order chi connectivity index (χ0) is 20.6. The van der Waals surface area contributed by atoms with Crippen LogP contribution >= 0.6 is 0 Å². The second-order valence-corrected chi connectivity index (χ2v) is 7.53. The summed E-state index contributed by atoms with van der Waals surface area (Å²) in [5.41, 5.74) is 2.14. The number of amides is 1. The lowest BCUT2D eigenvalue weighted by Crippen LogP contribution is -2.35. The molecule has 0 aliphatic carbocycles. The Bertz CT molecular complexity index is 833. The van der Waals surface area contributed by atoms with Gasteiger partial charge < -0.3 is 15.5 Å². The van der Waals surface area contributed by atoms with E-state index in [1.807, 2.05) is 30.3 Å². The lowest BCUT2D eigenvalue weighted by molar-refractivity contribution is -0.384. The molecule has 7 nitrogen and oxygen atoms in total. The van der Waals surface area contributed by atoms with Crippen molar-refractivity contribution in [3.63, 3.8) is 0 Å². The van der Waals surface area contributed by atoms with Crippen LogP contribution < -0.4 is 15.5 Å². The molecule has 0 spiro atoms. The summed E-state index contributed by atoms with van der Waals surface area (Å²) >= 11 is 0. The van der Waals surface area contributed by atoms with Gasteiger partial charge in [0, 0.05) is 44.0 Å². The van der Waals surface area contributed by atoms with Crippen LogP contribution in [0.15, 0.2) is 48.5 Å². The number of nitrogens with one attached hydrogen (secondary N) is 2. The van der Waals surface area contributed by atoms with Gasteiger partial charge in [0.05, 0.1) is 16.2 Å². The van der Waals surface area contributed by atoms with Crippen LogP contribution in [0, 0.1) is 16.0 Å². The highest BCUT2D eigenvalue weighted by atomic mass is 16.6. The van der Waals surface area contributed by atoms with Gasteiger partial charge in [0.15, 0.2) is 0 Å². The number of carbonyl (C=O) groups is 1. The molecule has 1 saturated heterocycles. The number of piperidine rings is 1. The number of benzene rings is 2. The number of carbonyl (C=O) groups excluding carboxylic acids is 1. The molecular weight excluding hydrogens is 368 g/mol. The minimum Gasteiger partial charge on any atom is -0.385 e. The van der Waals surface area contributed by atoms with Crippen LogP contribution in [0.4, 0.5) is 17.1 Å². The largest absolute Gasteiger partial charge is 0.385 e. The Morgan fingerprint density at radius 2 is 1.86 bits per heavy atom. The molecule has 7 heteroatoms. The van der Waals surface area contributed by atoms with Crippen molar-refractivity contribution in [2.24, 2.45) is 5.92 Å². The van der Waals surface area contributed by atoms with E-state index in [9.17, 15) is 14.9 Å². The molecule has 1 aliphatic heterocycles. The fourth-order valence-corrected chi connectivity index (χ4v) is 3.52. The Labute approximate surface area is 171 Å². The first-order chi connectivity index (χ1) is 14.0. The maximum absolute atomic E-state index is 12.8. The van der Waals surface area contributed by atoms with Gasteiger partial charge in [-0.3, -0.25) is 14.9 Å². The van der Waals surface area contributed by atoms with E-state index in [1.54, 1.807) is 6.07 Å². The molecule has 0 saturated carbocycles. The number of anilines is 2. The predicted octanol–water partition coefficient (Wildman–Crippen LogP) is 4.06. The Morgan fingerprint density at radius 1 is 1.14 bits per heavy atom. The maximum atomic E-state index is 12.8. The number of non-ortho nitro benzene ring substituents is 1. The van der Waals surface area contributed by atoms with Gasteiger partial charge >= 0.3 is 0 Å². The van der Waals surface area contributed by atoms with E-state index in [0.717, 1.165) is 50.3 Å². The molecule has 1 aliphatic rings. The Hall–Kier alpha value is -3.09. The molecule has 0 atom stereocenters. The Kier molecular flexibility index (Phi) is 7.05. The molecule has 1 amide bonds. The molecule has 2 N–H and O–H groups in total. The summed E-state index contributed by atoms with van der Waals surface area (Å²) in [6.07, 6.45) is 2.87. The molecular formula is C22H28N4O3. The van der Waals surface area contributed by atoms with Crippen LogP contribution in [0.1, 0.15) is 36.5 Å². The van der Waals surface area contributed by atoms with Gasteiger partial charge in [0.25, 0.3) is 11.6 Å². The number of nitro benzene ring substituents is 1. The number of nitro groups is 1. The van der Waals surface area contributed by atoms with Crippen LogP contribution in [0.5, 0.6) is 0 Å². The summed E-state index contributed by atoms with van der Waals surface area (Å²) in [5.74, 6) is 0.403.